The Morgan fingerprint density at radius 1 is 1.20 bits per heavy atom. The van der Waals surface area contributed by atoms with Crippen LogP contribution in [-0.2, 0) is 10.0 Å². The number of hydrogen-bond donors (Lipinski definition) is 2. The third-order valence-electron chi connectivity index (χ3n) is 3.38. The van der Waals surface area contributed by atoms with Gasteiger partial charge >= 0.3 is 0 Å². The Balaban J connectivity index is 2.10. The number of halogens is 1. The van der Waals surface area contributed by atoms with Gasteiger partial charge in [0, 0.05) is 12.7 Å². The first-order valence-corrected chi connectivity index (χ1v) is 9.29. The van der Waals surface area contributed by atoms with E-state index in [0.717, 1.165) is 18.6 Å². The fourth-order valence-electron chi connectivity index (χ4n) is 2.01. The molecule has 0 saturated carbocycles. The molecule has 0 aliphatic rings. The lowest BCUT2D eigenvalue weighted by Crippen LogP contribution is -2.26. The predicted octanol–water partition coefficient (Wildman–Crippen LogP) is 2.80. The van der Waals surface area contributed by atoms with Crippen LogP contribution in [0, 0.1) is 11.7 Å². The molecule has 0 atom stereocenters. The molecular formula is C17H20FN3O3S. The number of anilines is 1. The first-order chi connectivity index (χ1) is 11.8. The van der Waals surface area contributed by atoms with Crippen LogP contribution in [-0.4, -0.2) is 25.9 Å². The Labute approximate surface area is 146 Å². The summed E-state index contributed by atoms with van der Waals surface area (Å²) in [7, 11) is -3.88. The second kappa shape index (κ2) is 8.06. The third kappa shape index (κ3) is 5.53. The maximum Gasteiger partial charge on any atom is 0.269 e. The van der Waals surface area contributed by atoms with Crippen LogP contribution in [0.3, 0.4) is 0 Å². The second-order valence-electron chi connectivity index (χ2n) is 5.93. The van der Waals surface area contributed by atoms with E-state index in [0.29, 0.717) is 12.5 Å². The molecule has 0 spiro atoms. The molecule has 0 aliphatic carbocycles. The fourth-order valence-corrected chi connectivity index (χ4v) is 3.06. The summed E-state index contributed by atoms with van der Waals surface area (Å²) in [4.78, 5) is 15.9. The van der Waals surface area contributed by atoms with Crippen LogP contribution in [0.25, 0.3) is 0 Å². The van der Waals surface area contributed by atoms with Gasteiger partial charge in [-0.2, -0.15) is 0 Å². The molecular weight excluding hydrogens is 345 g/mol. The third-order valence-corrected chi connectivity index (χ3v) is 4.77. The van der Waals surface area contributed by atoms with Crippen LogP contribution >= 0.6 is 0 Å². The largest absolute Gasteiger partial charge is 0.351 e. The molecule has 0 bridgehead atoms. The van der Waals surface area contributed by atoms with Crippen molar-refractivity contribution in [1.82, 2.24) is 10.3 Å². The molecule has 0 saturated heterocycles. The lowest BCUT2D eigenvalue weighted by Gasteiger charge is -2.10. The van der Waals surface area contributed by atoms with Crippen molar-refractivity contribution < 1.29 is 17.6 Å². The summed E-state index contributed by atoms with van der Waals surface area (Å²) in [6.45, 7) is 4.62. The van der Waals surface area contributed by atoms with E-state index in [-0.39, 0.29) is 22.2 Å². The van der Waals surface area contributed by atoms with Crippen molar-refractivity contribution in [2.45, 2.75) is 25.2 Å². The number of carbonyl (C=O) groups excluding carboxylic acids is 1. The molecule has 2 N–H and O–H groups in total. The zero-order chi connectivity index (χ0) is 18.4. The molecule has 1 heterocycles. The molecule has 8 heteroatoms. The quantitative estimate of drug-likeness (QED) is 0.790. The minimum absolute atomic E-state index is 0.0753. The van der Waals surface area contributed by atoms with E-state index in [1.807, 2.05) is 0 Å². The molecule has 1 aromatic carbocycles. The Hall–Kier alpha value is -2.48. The van der Waals surface area contributed by atoms with E-state index in [9.17, 15) is 17.6 Å². The van der Waals surface area contributed by atoms with E-state index in [4.69, 9.17) is 0 Å². The van der Waals surface area contributed by atoms with Gasteiger partial charge in [-0.3, -0.25) is 14.5 Å². The summed E-state index contributed by atoms with van der Waals surface area (Å²) in [5.74, 6) is -0.436. The smallest absolute Gasteiger partial charge is 0.269 e. The van der Waals surface area contributed by atoms with E-state index in [1.165, 1.54) is 30.5 Å². The zero-order valence-electron chi connectivity index (χ0n) is 14.0. The van der Waals surface area contributed by atoms with Gasteiger partial charge in [0.25, 0.3) is 15.9 Å². The summed E-state index contributed by atoms with van der Waals surface area (Å²) >= 11 is 0. The monoisotopic (exact) mass is 365 g/mol. The SMILES string of the molecule is CC(C)CCNC(=O)c1cc(NS(=O)(=O)c2ccc(F)cc2)ccn1. The van der Waals surface area contributed by atoms with Crippen LogP contribution in [0.1, 0.15) is 30.8 Å². The summed E-state index contributed by atoms with van der Waals surface area (Å²) in [5.41, 5.74) is 0.316. The van der Waals surface area contributed by atoms with Crippen molar-refractivity contribution in [3.05, 3.63) is 54.1 Å². The second-order valence-corrected chi connectivity index (χ2v) is 7.61. The summed E-state index contributed by atoms with van der Waals surface area (Å²) in [6, 6.07) is 7.25. The highest BCUT2D eigenvalue weighted by Crippen LogP contribution is 2.16. The van der Waals surface area contributed by atoms with E-state index < -0.39 is 15.8 Å². The summed E-state index contributed by atoms with van der Waals surface area (Å²) < 4.78 is 39.9. The minimum atomic E-state index is -3.88. The number of hydrogen-bond acceptors (Lipinski definition) is 4. The molecule has 0 aliphatic heterocycles. The topological polar surface area (TPSA) is 88.2 Å². The van der Waals surface area contributed by atoms with Crippen molar-refractivity contribution in [2.75, 3.05) is 11.3 Å². The lowest BCUT2D eigenvalue weighted by atomic mass is 10.1. The number of amides is 1. The molecule has 134 valence electrons. The average molecular weight is 365 g/mol. The van der Waals surface area contributed by atoms with Crippen LogP contribution in [0.5, 0.6) is 0 Å². The lowest BCUT2D eigenvalue weighted by molar-refractivity contribution is 0.0947. The van der Waals surface area contributed by atoms with Crippen molar-refractivity contribution in [1.29, 1.82) is 0 Å². The van der Waals surface area contributed by atoms with Gasteiger partial charge in [0.15, 0.2) is 0 Å². The Morgan fingerprint density at radius 3 is 2.52 bits per heavy atom. The number of sulfonamides is 1. The predicted molar refractivity (Wildman–Crippen MR) is 93.2 cm³/mol. The number of rotatable bonds is 7. The van der Waals surface area contributed by atoms with Gasteiger partial charge in [-0.15, -0.1) is 0 Å². The average Bonchev–Trinajstić information content (AvgIpc) is 2.54. The maximum atomic E-state index is 12.9. The molecule has 0 radical (unpaired) electrons. The van der Waals surface area contributed by atoms with E-state index >= 15 is 0 Å². The van der Waals surface area contributed by atoms with Crippen molar-refractivity contribution >= 4 is 21.6 Å². The van der Waals surface area contributed by atoms with Crippen LogP contribution < -0.4 is 10.0 Å². The molecule has 2 rings (SSSR count). The zero-order valence-corrected chi connectivity index (χ0v) is 14.8. The molecule has 2 aromatic rings. The first kappa shape index (κ1) is 18.9. The van der Waals surface area contributed by atoms with Crippen molar-refractivity contribution in [3.8, 4) is 0 Å². The molecule has 0 fully saturated rings. The molecule has 25 heavy (non-hydrogen) atoms. The normalized spacial score (nSPS) is 11.4. The number of pyridine rings is 1. The van der Waals surface area contributed by atoms with Gasteiger partial charge in [-0.05, 0) is 48.7 Å². The number of carbonyl (C=O) groups is 1. The summed E-state index contributed by atoms with van der Waals surface area (Å²) in [5, 5.41) is 2.74. The van der Waals surface area contributed by atoms with Gasteiger partial charge in [-0.25, -0.2) is 12.8 Å². The fraction of sp³-hybridized carbons (Fsp3) is 0.294. The standard InChI is InChI=1S/C17H20FN3O3S/c1-12(2)7-9-20-17(22)16-11-14(8-10-19-16)21-25(23,24)15-5-3-13(18)4-6-15/h3-6,8,10-12H,7,9H2,1-2H3,(H,19,21)(H,20,22). The highest BCUT2D eigenvalue weighted by Gasteiger charge is 2.15. The highest BCUT2D eigenvalue weighted by atomic mass is 32.2. The van der Waals surface area contributed by atoms with Gasteiger partial charge in [0.2, 0.25) is 0 Å². The molecule has 1 aromatic heterocycles. The van der Waals surface area contributed by atoms with E-state index in [1.54, 1.807) is 0 Å². The Kier molecular flexibility index (Phi) is 6.08. The van der Waals surface area contributed by atoms with Crippen molar-refractivity contribution in [2.24, 2.45) is 5.92 Å². The van der Waals surface area contributed by atoms with Gasteiger partial charge in [0.1, 0.15) is 11.5 Å². The highest BCUT2D eigenvalue weighted by molar-refractivity contribution is 7.92. The molecule has 1 amide bonds. The Morgan fingerprint density at radius 2 is 1.88 bits per heavy atom. The number of benzene rings is 1. The number of nitrogens with zero attached hydrogens (tertiary/aromatic N) is 1. The molecule has 0 unspecified atom stereocenters. The van der Waals surface area contributed by atoms with Gasteiger partial charge in [-0.1, -0.05) is 13.8 Å². The minimum Gasteiger partial charge on any atom is -0.351 e. The van der Waals surface area contributed by atoms with Gasteiger partial charge in [0.05, 0.1) is 10.6 Å². The van der Waals surface area contributed by atoms with Crippen molar-refractivity contribution in [3.63, 3.8) is 0 Å². The Bertz CT molecular complexity index is 836. The van der Waals surface area contributed by atoms with Crippen LogP contribution in [0.2, 0.25) is 0 Å². The number of aromatic nitrogens is 1. The van der Waals surface area contributed by atoms with Crippen LogP contribution in [0.4, 0.5) is 10.1 Å². The van der Waals surface area contributed by atoms with Gasteiger partial charge < -0.3 is 5.32 Å². The van der Waals surface area contributed by atoms with Crippen LogP contribution in [0.15, 0.2) is 47.5 Å². The maximum absolute atomic E-state index is 12.9. The van der Waals surface area contributed by atoms with E-state index in [2.05, 4.69) is 28.9 Å². The summed E-state index contributed by atoms with van der Waals surface area (Å²) in [6.07, 6.45) is 2.18. The molecule has 6 nitrogen and oxygen atoms in total. The number of nitrogens with one attached hydrogen (secondary N) is 2. The first-order valence-electron chi connectivity index (χ1n) is 7.80.